The highest BCUT2D eigenvalue weighted by Crippen LogP contribution is 2.29. The Morgan fingerprint density at radius 2 is 2.10 bits per heavy atom. The first-order valence-electron chi connectivity index (χ1n) is 6.76. The first kappa shape index (κ1) is 13.2. The predicted octanol–water partition coefficient (Wildman–Crippen LogP) is 1.91. The van der Waals surface area contributed by atoms with Crippen molar-refractivity contribution in [3.8, 4) is 5.75 Å². The lowest BCUT2D eigenvalue weighted by Crippen LogP contribution is -2.04. The van der Waals surface area contributed by atoms with Gasteiger partial charge in [-0.05, 0) is 30.7 Å². The molecule has 2 heterocycles. The number of benzene rings is 1. The average molecular weight is 283 g/mol. The van der Waals surface area contributed by atoms with Gasteiger partial charge in [-0.1, -0.05) is 0 Å². The van der Waals surface area contributed by atoms with Crippen LogP contribution in [0.15, 0.2) is 30.6 Å². The number of rotatable bonds is 3. The molecule has 6 nitrogen and oxygen atoms in total. The monoisotopic (exact) mass is 283 g/mol. The van der Waals surface area contributed by atoms with Crippen LogP contribution in [-0.4, -0.2) is 19.6 Å². The van der Waals surface area contributed by atoms with Gasteiger partial charge in [0.2, 0.25) is 5.95 Å². The number of aryl methyl sites for hydroxylation is 1. The Bertz CT molecular complexity index is 809. The van der Waals surface area contributed by atoms with Crippen molar-refractivity contribution >= 4 is 22.7 Å². The Morgan fingerprint density at radius 1 is 1.29 bits per heavy atom. The molecule has 0 spiro atoms. The Kier molecular flexibility index (Phi) is 3.13. The van der Waals surface area contributed by atoms with Gasteiger partial charge in [0.25, 0.3) is 0 Å². The molecule has 0 saturated heterocycles. The molecule has 1 aromatic carbocycles. The maximum Gasteiger partial charge on any atom is 0.221 e. The number of anilines is 2. The largest absolute Gasteiger partial charge is 0.507 e. The summed E-state index contributed by atoms with van der Waals surface area (Å²) < 4.78 is 2.08. The van der Waals surface area contributed by atoms with Crippen molar-refractivity contribution in [2.24, 2.45) is 0 Å². The van der Waals surface area contributed by atoms with E-state index in [0.717, 1.165) is 28.6 Å². The smallest absolute Gasteiger partial charge is 0.221 e. The molecule has 0 saturated carbocycles. The molecule has 0 radical (unpaired) electrons. The van der Waals surface area contributed by atoms with Crippen LogP contribution >= 0.6 is 0 Å². The highest BCUT2D eigenvalue weighted by Gasteiger charge is 2.09. The zero-order valence-electron chi connectivity index (χ0n) is 11.7. The number of hydrogen-bond acceptors (Lipinski definition) is 5. The van der Waals surface area contributed by atoms with Crippen LogP contribution in [0, 0.1) is 0 Å². The summed E-state index contributed by atoms with van der Waals surface area (Å²) in [7, 11) is 0. The van der Waals surface area contributed by atoms with Gasteiger partial charge in [-0.3, -0.25) is 0 Å². The van der Waals surface area contributed by atoms with E-state index in [0.29, 0.717) is 12.2 Å². The molecule has 0 aliphatic rings. The third-order valence-electron chi connectivity index (χ3n) is 3.58. The fourth-order valence-corrected chi connectivity index (χ4v) is 2.50. The minimum atomic E-state index is 0.161. The van der Waals surface area contributed by atoms with E-state index in [1.165, 1.54) is 0 Å². The predicted molar refractivity (Wildman–Crippen MR) is 82.9 cm³/mol. The fourth-order valence-electron chi connectivity index (χ4n) is 2.50. The summed E-state index contributed by atoms with van der Waals surface area (Å²) in [5.41, 5.74) is 14.1. The number of hydrogen-bond donors (Lipinski definition) is 3. The summed E-state index contributed by atoms with van der Waals surface area (Å²) in [4.78, 5) is 7.92. The van der Waals surface area contributed by atoms with Gasteiger partial charge in [0.1, 0.15) is 11.6 Å². The van der Waals surface area contributed by atoms with Crippen LogP contribution in [0.2, 0.25) is 0 Å². The van der Waals surface area contributed by atoms with Crippen molar-refractivity contribution in [3.05, 3.63) is 41.7 Å². The number of phenols is 1. The van der Waals surface area contributed by atoms with Crippen LogP contribution in [0.4, 0.5) is 11.8 Å². The standard InChI is InChI=1S/C15H17N5O/c1-2-20-4-3-11-12(20)6-9(7-13(11)21)5-10-8-18-15(17)19-14(10)16/h3-4,6-8,21H,2,5H2,1H3,(H4,16,17,18,19). The molecule has 108 valence electrons. The zero-order chi connectivity index (χ0) is 15.0. The Morgan fingerprint density at radius 3 is 2.81 bits per heavy atom. The highest BCUT2D eigenvalue weighted by molar-refractivity contribution is 5.87. The Hall–Kier alpha value is -2.76. The molecule has 0 aliphatic carbocycles. The molecule has 3 aromatic rings. The number of nitrogens with zero attached hydrogens (tertiary/aromatic N) is 3. The first-order valence-corrected chi connectivity index (χ1v) is 6.76. The van der Waals surface area contributed by atoms with Crippen LogP contribution in [0.25, 0.3) is 10.9 Å². The number of aromatic nitrogens is 3. The summed E-state index contributed by atoms with van der Waals surface area (Å²) >= 11 is 0. The van der Waals surface area contributed by atoms with Crippen LogP contribution in [0.3, 0.4) is 0 Å². The van der Waals surface area contributed by atoms with Crippen LogP contribution in [-0.2, 0) is 13.0 Å². The van der Waals surface area contributed by atoms with E-state index < -0.39 is 0 Å². The molecule has 3 rings (SSSR count). The third-order valence-corrected chi connectivity index (χ3v) is 3.58. The molecule has 0 bridgehead atoms. The second kappa shape index (κ2) is 4.97. The highest BCUT2D eigenvalue weighted by atomic mass is 16.3. The maximum atomic E-state index is 10.2. The minimum absolute atomic E-state index is 0.161. The molecule has 5 N–H and O–H groups in total. The zero-order valence-corrected chi connectivity index (χ0v) is 11.7. The molecule has 2 aromatic heterocycles. The van der Waals surface area contributed by atoms with Crippen LogP contribution in [0.1, 0.15) is 18.1 Å². The third kappa shape index (κ3) is 2.35. The van der Waals surface area contributed by atoms with Crippen molar-refractivity contribution in [1.29, 1.82) is 0 Å². The SMILES string of the molecule is CCn1ccc2c(O)cc(Cc3cnc(N)nc3N)cc21. The summed E-state index contributed by atoms with van der Waals surface area (Å²) in [6.07, 6.45) is 4.14. The number of aromatic hydroxyl groups is 1. The molecule has 0 aliphatic heterocycles. The van der Waals surface area contributed by atoms with E-state index in [1.807, 2.05) is 18.3 Å². The van der Waals surface area contributed by atoms with E-state index in [4.69, 9.17) is 11.5 Å². The second-order valence-corrected chi connectivity index (χ2v) is 4.96. The summed E-state index contributed by atoms with van der Waals surface area (Å²) in [5, 5.41) is 11.0. The normalized spacial score (nSPS) is 11.1. The van der Waals surface area contributed by atoms with Gasteiger partial charge in [0.05, 0.1) is 5.52 Å². The number of fused-ring (bicyclic) bond motifs is 1. The van der Waals surface area contributed by atoms with Gasteiger partial charge in [-0.25, -0.2) is 4.98 Å². The van der Waals surface area contributed by atoms with Gasteiger partial charge < -0.3 is 21.1 Å². The molecule has 0 unspecified atom stereocenters. The summed E-state index contributed by atoms with van der Waals surface area (Å²) in [6, 6.07) is 5.71. The van der Waals surface area contributed by atoms with Gasteiger partial charge in [0, 0.05) is 36.3 Å². The molecule has 21 heavy (non-hydrogen) atoms. The van der Waals surface area contributed by atoms with Gasteiger partial charge in [-0.2, -0.15) is 4.98 Å². The van der Waals surface area contributed by atoms with E-state index >= 15 is 0 Å². The summed E-state index contributed by atoms with van der Waals surface area (Å²) in [5.74, 6) is 0.798. The topological polar surface area (TPSA) is 103 Å². The lowest BCUT2D eigenvalue weighted by Gasteiger charge is -2.08. The number of phenolic OH excluding ortho intramolecular Hbond substituents is 1. The van der Waals surface area contributed by atoms with E-state index in [2.05, 4.69) is 21.5 Å². The van der Waals surface area contributed by atoms with Crippen molar-refractivity contribution in [1.82, 2.24) is 14.5 Å². The molecular weight excluding hydrogens is 266 g/mol. The molecule has 6 heteroatoms. The van der Waals surface area contributed by atoms with Gasteiger partial charge in [0.15, 0.2) is 0 Å². The van der Waals surface area contributed by atoms with Crippen molar-refractivity contribution in [2.45, 2.75) is 19.9 Å². The first-order chi connectivity index (χ1) is 10.1. The van der Waals surface area contributed by atoms with E-state index in [-0.39, 0.29) is 11.7 Å². The molecular formula is C15H17N5O. The second-order valence-electron chi connectivity index (χ2n) is 4.96. The minimum Gasteiger partial charge on any atom is -0.507 e. The number of nitrogen functional groups attached to an aromatic ring is 2. The molecule has 0 atom stereocenters. The average Bonchev–Trinajstić information content (AvgIpc) is 2.85. The van der Waals surface area contributed by atoms with Crippen molar-refractivity contribution in [3.63, 3.8) is 0 Å². The van der Waals surface area contributed by atoms with Gasteiger partial charge in [-0.15, -0.1) is 0 Å². The lowest BCUT2D eigenvalue weighted by atomic mass is 10.0. The Labute approximate surface area is 122 Å². The van der Waals surface area contributed by atoms with Crippen LogP contribution in [0.5, 0.6) is 5.75 Å². The van der Waals surface area contributed by atoms with E-state index in [9.17, 15) is 5.11 Å². The summed E-state index contributed by atoms with van der Waals surface area (Å²) in [6.45, 7) is 2.91. The van der Waals surface area contributed by atoms with E-state index in [1.54, 1.807) is 12.3 Å². The maximum absolute atomic E-state index is 10.2. The quantitative estimate of drug-likeness (QED) is 0.681. The number of nitrogens with two attached hydrogens (primary N) is 2. The van der Waals surface area contributed by atoms with Gasteiger partial charge >= 0.3 is 0 Å². The fraction of sp³-hybridized carbons (Fsp3) is 0.200. The van der Waals surface area contributed by atoms with Crippen LogP contribution < -0.4 is 11.5 Å². The van der Waals surface area contributed by atoms with Crippen molar-refractivity contribution < 1.29 is 5.11 Å². The molecule has 0 amide bonds. The Balaban J connectivity index is 2.04. The molecule has 0 fully saturated rings. The lowest BCUT2D eigenvalue weighted by molar-refractivity contribution is 0.481. The van der Waals surface area contributed by atoms with Crippen molar-refractivity contribution in [2.75, 3.05) is 11.5 Å².